The number of thiazole rings is 1. The summed E-state index contributed by atoms with van der Waals surface area (Å²) in [4.78, 5) is 32.7. The van der Waals surface area contributed by atoms with Gasteiger partial charge in [0.1, 0.15) is 18.4 Å². The van der Waals surface area contributed by atoms with Crippen molar-refractivity contribution in [2.24, 2.45) is 4.99 Å². The molecule has 236 valence electrons. The molecule has 0 fully saturated rings. The number of ether oxygens (including phenoxy) is 4. The van der Waals surface area contributed by atoms with Crippen molar-refractivity contribution in [2.75, 3.05) is 13.7 Å². The molecule has 0 unspecified atom stereocenters. The van der Waals surface area contributed by atoms with Crippen LogP contribution in [-0.2, 0) is 16.1 Å². The molecule has 3 aromatic carbocycles. The Kier molecular flexibility index (Phi) is 10.1. The molecule has 0 amide bonds. The molecule has 1 aliphatic heterocycles. The highest BCUT2D eigenvalue weighted by atomic mass is 79.9. The van der Waals surface area contributed by atoms with E-state index in [4.69, 9.17) is 18.9 Å². The Hall–Kier alpha value is -4.66. The summed E-state index contributed by atoms with van der Waals surface area (Å²) in [6.45, 7) is 7.76. The molecule has 0 saturated carbocycles. The molecule has 1 atom stereocenters. The van der Waals surface area contributed by atoms with Gasteiger partial charge in [-0.3, -0.25) is 9.36 Å². The summed E-state index contributed by atoms with van der Waals surface area (Å²) in [5, 5.41) is 9.42. The van der Waals surface area contributed by atoms with E-state index >= 15 is 0 Å². The van der Waals surface area contributed by atoms with E-state index in [0.717, 1.165) is 10.0 Å². The first kappa shape index (κ1) is 32.7. The average Bonchev–Trinajstić information content (AvgIpc) is 3.33. The monoisotopic (exact) mass is 701 g/mol. The SMILES string of the molecule is CCOc1cc(/C=c2\sc3n(c2=O)[C@@H](c2cc(Br)ccc2OC)C(C(=O)OC(C)C)=C(C)N=3)ccc1OCc1ccccc1C#N. The predicted molar refractivity (Wildman–Crippen MR) is 179 cm³/mol. The van der Waals surface area contributed by atoms with Gasteiger partial charge in [-0.15, -0.1) is 0 Å². The van der Waals surface area contributed by atoms with Crippen LogP contribution in [-0.4, -0.2) is 30.4 Å². The van der Waals surface area contributed by atoms with Crippen molar-refractivity contribution < 1.29 is 23.7 Å². The molecule has 1 aliphatic rings. The molecular formula is C35H32BrN3O6S. The summed E-state index contributed by atoms with van der Waals surface area (Å²) in [6, 6.07) is 19.5. The summed E-state index contributed by atoms with van der Waals surface area (Å²) < 4.78 is 25.9. The second-order valence-electron chi connectivity index (χ2n) is 10.6. The molecule has 0 N–H and O–H groups in total. The normalized spacial score (nSPS) is 14.4. The fourth-order valence-electron chi connectivity index (χ4n) is 5.14. The van der Waals surface area contributed by atoms with Crippen LogP contribution in [0.15, 0.2) is 86.2 Å². The molecule has 0 saturated heterocycles. The van der Waals surface area contributed by atoms with Crippen LogP contribution in [0.4, 0.5) is 0 Å². The van der Waals surface area contributed by atoms with Gasteiger partial charge in [0.15, 0.2) is 16.3 Å². The van der Waals surface area contributed by atoms with Gasteiger partial charge in [-0.05, 0) is 75.7 Å². The van der Waals surface area contributed by atoms with E-state index in [1.54, 1.807) is 58.2 Å². The van der Waals surface area contributed by atoms with Crippen molar-refractivity contribution in [3.8, 4) is 23.3 Å². The van der Waals surface area contributed by atoms with E-state index in [2.05, 4.69) is 27.0 Å². The van der Waals surface area contributed by atoms with Crippen molar-refractivity contribution in [1.82, 2.24) is 4.57 Å². The van der Waals surface area contributed by atoms with Crippen LogP contribution in [0, 0.1) is 11.3 Å². The number of nitrogens with zero attached hydrogens (tertiary/aromatic N) is 3. The quantitative estimate of drug-likeness (QED) is 0.192. The molecule has 9 nitrogen and oxygen atoms in total. The topological polar surface area (TPSA) is 112 Å². The predicted octanol–water partition coefficient (Wildman–Crippen LogP) is 5.81. The molecule has 4 aromatic rings. The van der Waals surface area contributed by atoms with Crippen LogP contribution in [0.2, 0.25) is 0 Å². The Morgan fingerprint density at radius 2 is 1.87 bits per heavy atom. The van der Waals surface area contributed by atoms with Gasteiger partial charge in [-0.25, -0.2) is 9.79 Å². The van der Waals surface area contributed by atoms with Crippen molar-refractivity contribution in [3.05, 3.63) is 118 Å². The van der Waals surface area contributed by atoms with Crippen molar-refractivity contribution in [2.45, 2.75) is 46.4 Å². The third-order valence-corrected chi connectivity index (χ3v) is 8.63. The Labute approximate surface area is 278 Å². The van der Waals surface area contributed by atoms with Crippen LogP contribution >= 0.6 is 27.3 Å². The number of rotatable bonds is 10. The molecule has 2 heterocycles. The van der Waals surface area contributed by atoms with Crippen molar-refractivity contribution in [3.63, 3.8) is 0 Å². The largest absolute Gasteiger partial charge is 0.496 e. The van der Waals surface area contributed by atoms with E-state index in [9.17, 15) is 14.9 Å². The highest BCUT2D eigenvalue weighted by Gasteiger charge is 2.35. The van der Waals surface area contributed by atoms with Gasteiger partial charge in [0.2, 0.25) is 0 Å². The number of hydrogen-bond donors (Lipinski definition) is 0. The maximum Gasteiger partial charge on any atom is 0.338 e. The Balaban J connectivity index is 1.59. The first-order chi connectivity index (χ1) is 22.1. The number of hydrogen-bond acceptors (Lipinski definition) is 9. The van der Waals surface area contributed by atoms with Crippen molar-refractivity contribution >= 4 is 39.3 Å². The van der Waals surface area contributed by atoms with Crippen molar-refractivity contribution in [1.29, 1.82) is 5.26 Å². The zero-order valence-electron chi connectivity index (χ0n) is 26.0. The second-order valence-corrected chi connectivity index (χ2v) is 12.5. The lowest BCUT2D eigenvalue weighted by Crippen LogP contribution is -2.40. The van der Waals surface area contributed by atoms with Gasteiger partial charge in [-0.1, -0.05) is 51.5 Å². The highest BCUT2D eigenvalue weighted by Crippen LogP contribution is 2.37. The summed E-state index contributed by atoms with van der Waals surface area (Å²) in [5.41, 5.74) is 3.05. The minimum atomic E-state index is -0.830. The molecule has 11 heteroatoms. The van der Waals surface area contributed by atoms with Crippen LogP contribution in [0.5, 0.6) is 17.2 Å². The second kappa shape index (κ2) is 14.2. The minimum absolute atomic E-state index is 0.196. The molecule has 0 radical (unpaired) electrons. The fraction of sp³-hybridized carbons (Fsp3) is 0.257. The maximum absolute atomic E-state index is 14.2. The van der Waals surface area contributed by atoms with Gasteiger partial charge in [0, 0.05) is 15.6 Å². The highest BCUT2D eigenvalue weighted by molar-refractivity contribution is 9.10. The molecule has 0 bridgehead atoms. The lowest BCUT2D eigenvalue weighted by atomic mass is 9.95. The summed E-state index contributed by atoms with van der Waals surface area (Å²) in [5.74, 6) is 0.984. The molecule has 0 spiro atoms. The number of methoxy groups -OCH3 is 1. The molecular weight excluding hydrogens is 670 g/mol. The summed E-state index contributed by atoms with van der Waals surface area (Å²) >= 11 is 4.76. The Morgan fingerprint density at radius 1 is 1.11 bits per heavy atom. The number of carbonyl (C=O) groups excluding carboxylic acids is 1. The summed E-state index contributed by atoms with van der Waals surface area (Å²) in [7, 11) is 1.55. The standard InChI is InChI=1S/C35H32BrN3O6S/c1-6-43-29-15-22(11-13-28(29)44-19-24-10-8-7-9-23(24)18-37)16-30-33(40)39-32(26-17-25(36)12-14-27(26)42-5)31(34(41)45-20(2)3)21(4)38-35(39)46-30/h7-17,20,32H,6,19H2,1-5H3/b30-16-/t32-/m0/s1. The first-order valence-corrected chi connectivity index (χ1v) is 16.2. The van der Waals surface area contributed by atoms with Gasteiger partial charge in [0.05, 0.1) is 47.3 Å². The van der Waals surface area contributed by atoms with Crippen LogP contribution < -0.4 is 29.1 Å². The van der Waals surface area contributed by atoms with E-state index in [1.807, 2.05) is 43.3 Å². The zero-order valence-corrected chi connectivity index (χ0v) is 28.4. The number of allylic oxidation sites excluding steroid dienone is 1. The van der Waals surface area contributed by atoms with Crippen LogP contribution in [0.3, 0.4) is 0 Å². The number of carbonyl (C=O) groups is 1. The number of esters is 1. The molecule has 1 aromatic heterocycles. The van der Waals surface area contributed by atoms with Gasteiger partial charge < -0.3 is 18.9 Å². The first-order valence-electron chi connectivity index (χ1n) is 14.6. The third kappa shape index (κ3) is 6.78. The molecule has 0 aliphatic carbocycles. The molecule has 5 rings (SSSR count). The van der Waals surface area contributed by atoms with Gasteiger partial charge in [0.25, 0.3) is 5.56 Å². The lowest BCUT2D eigenvalue weighted by Gasteiger charge is -2.26. The number of halogens is 1. The number of fused-ring (bicyclic) bond motifs is 1. The van der Waals surface area contributed by atoms with Crippen LogP contribution in [0.25, 0.3) is 6.08 Å². The third-order valence-electron chi connectivity index (χ3n) is 7.16. The number of aromatic nitrogens is 1. The average molecular weight is 703 g/mol. The van der Waals surface area contributed by atoms with Gasteiger partial charge in [-0.2, -0.15) is 5.26 Å². The lowest BCUT2D eigenvalue weighted by molar-refractivity contribution is -0.143. The van der Waals surface area contributed by atoms with Crippen LogP contribution in [0.1, 0.15) is 56.0 Å². The minimum Gasteiger partial charge on any atom is -0.496 e. The maximum atomic E-state index is 14.2. The van der Waals surface area contributed by atoms with Gasteiger partial charge >= 0.3 is 5.97 Å². The van der Waals surface area contributed by atoms with E-state index in [1.165, 1.54) is 15.9 Å². The smallest absolute Gasteiger partial charge is 0.338 e. The Bertz CT molecular complexity index is 2060. The number of benzene rings is 3. The zero-order chi connectivity index (χ0) is 33.0. The van der Waals surface area contributed by atoms with E-state index < -0.39 is 12.0 Å². The number of nitriles is 1. The Morgan fingerprint density at radius 3 is 2.59 bits per heavy atom. The molecule has 46 heavy (non-hydrogen) atoms. The van der Waals surface area contributed by atoms with E-state index in [0.29, 0.717) is 55.6 Å². The van der Waals surface area contributed by atoms with E-state index in [-0.39, 0.29) is 23.8 Å². The summed E-state index contributed by atoms with van der Waals surface area (Å²) in [6.07, 6.45) is 1.40. The fourth-order valence-corrected chi connectivity index (χ4v) is 6.56.